The third-order valence-electron chi connectivity index (χ3n) is 5.74. The average molecular weight is 447 g/mol. The predicted molar refractivity (Wildman–Crippen MR) is 132 cm³/mol. The van der Waals surface area contributed by atoms with Crippen molar-refractivity contribution in [2.45, 2.75) is 111 Å². The summed E-state index contributed by atoms with van der Waals surface area (Å²) in [5.74, 6) is -0.285. The number of unbranched alkanes of at least 4 members (excludes halogenated alkanes) is 12. The number of esters is 2. The van der Waals surface area contributed by atoms with Crippen LogP contribution in [-0.2, 0) is 9.47 Å². The predicted octanol–water partition coefficient (Wildman–Crippen LogP) is 8.14. The SMILES string of the molecule is CCCCCCCCCCCCCCCOC(=O)c1cccc(C(=O)OCCC(C)C)c1. The van der Waals surface area contributed by atoms with E-state index in [4.69, 9.17) is 9.47 Å². The molecule has 0 saturated carbocycles. The lowest BCUT2D eigenvalue weighted by Crippen LogP contribution is -2.11. The van der Waals surface area contributed by atoms with Gasteiger partial charge in [-0.3, -0.25) is 0 Å². The van der Waals surface area contributed by atoms with Crippen LogP contribution in [0.3, 0.4) is 0 Å². The van der Waals surface area contributed by atoms with Gasteiger partial charge in [0.05, 0.1) is 24.3 Å². The molecule has 32 heavy (non-hydrogen) atoms. The second kappa shape index (κ2) is 18.7. The monoisotopic (exact) mass is 446 g/mol. The minimum absolute atomic E-state index is 0.374. The van der Waals surface area contributed by atoms with Gasteiger partial charge in [0.15, 0.2) is 0 Å². The first-order valence-corrected chi connectivity index (χ1v) is 13.0. The molecular weight excluding hydrogens is 400 g/mol. The summed E-state index contributed by atoms with van der Waals surface area (Å²) >= 11 is 0. The van der Waals surface area contributed by atoms with Gasteiger partial charge in [-0.1, -0.05) is 104 Å². The van der Waals surface area contributed by atoms with E-state index in [0.717, 1.165) is 19.3 Å². The Kier molecular flexibility index (Phi) is 16.5. The van der Waals surface area contributed by atoms with E-state index >= 15 is 0 Å². The number of rotatable bonds is 19. The summed E-state index contributed by atoms with van der Waals surface area (Å²) in [4.78, 5) is 24.4. The number of hydrogen-bond acceptors (Lipinski definition) is 4. The van der Waals surface area contributed by atoms with Crippen molar-refractivity contribution in [3.63, 3.8) is 0 Å². The number of hydrogen-bond donors (Lipinski definition) is 0. The van der Waals surface area contributed by atoms with Crippen LogP contribution in [0.2, 0.25) is 0 Å². The molecule has 0 aliphatic heterocycles. The average Bonchev–Trinajstić information content (AvgIpc) is 2.79. The van der Waals surface area contributed by atoms with E-state index in [2.05, 4.69) is 20.8 Å². The summed E-state index contributed by atoms with van der Waals surface area (Å²) in [6.07, 6.45) is 17.6. The maximum Gasteiger partial charge on any atom is 0.338 e. The molecule has 0 unspecified atom stereocenters. The Morgan fingerprint density at radius 2 is 1.12 bits per heavy atom. The Hall–Kier alpha value is -1.84. The summed E-state index contributed by atoms with van der Waals surface area (Å²) in [7, 11) is 0. The Labute approximate surface area is 196 Å². The number of carbonyl (C=O) groups is 2. The molecule has 0 N–H and O–H groups in total. The van der Waals surface area contributed by atoms with E-state index < -0.39 is 5.97 Å². The molecular formula is C28H46O4. The highest BCUT2D eigenvalue weighted by atomic mass is 16.5. The molecule has 0 aliphatic rings. The highest BCUT2D eigenvalue weighted by molar-refractivity contribution is 5.95. The fourth-order valence-electron chi connectivity index (χ4n) is 3.61. The van der Waals surface area contributed by atoms with Crippen LogP contribution in [0.25, 0.3) is 0 Å². The molecule has 0 aliphatic carbocycles. The third kappa shape index (κ3) is 14.3. The van der Waals surface area contributed by atoms with Crippen molar-refractivity contribution >= 4 is 11.9 Å². The molecule has 4 heteroatoms. The molecule has 1 rings (SSSR count). The summed E-state index contributed by atoms with van der Waals surface area (Å²) in [5, 5.41) is 0. The van der Waals surface area contributed by atoms with Crippen molar-refractivity contribution < 1.29 is 19.1 Å². The molecule has 0 amide bonds. The summed E-state index contributed by atoms with van der Waals surface area (Å²) in [5.41, 5.74) is 0.794. The highest BCUT2D eigenvalue weighted by Crippen LogP contribution is 2.13. The van der Waals surface area contributed by atoms with Crippen molar-refractivity contribution in [1.82, 2.24) is 0 Å². The van der Waals surface area contributed by atoms with Crippen LogP contribution >= 0.6 is 0 Å². The minimum Gasteiger partial charge on any atom is -0.462 e. The molecule has 182 valence electrons. The van der Waals surface area contributed by atoms with Gasteiger partial charge >= 0.3 is 11.9 Å². The molecule has 0 atom stereocenters. The van der Waals surface area contributed by atoms with Gasteiger partial charge in [0, 0.05) is 0 Å². The fourth-order valence-corrected chi connectivity index (χ4v) is 3.61. The summed E-state index contributed by atoms with van der Waals surface area (Å²) in [6, 6.07) is 6.60. The van der Waals surface area contributed by atoms with E-state index in [9.17, 15) is 9.59 Å². The lowest BCUT2D eigenvalue weighted by Gasteiger charge is -2.08. The van der Waals surface area contributed by atoms with Gasteiger partial charge in [-0.15, -0.1) is 0 Å². The summed E-state index contributed by atoms with van der Waals surface area (Å²) < 4.78 is 10.7. The van der Waals surface area contributed by atoms with E-state index in [0.29, 0.717) is 30.3 Å². The lowest BCUT2D eigenvalue weighted by atomic mass is 10.0. The van der Waals surface area contributed by atoms with Gasteiger partial charge < -0.3 is 9.47 Å². The Bertz CT molecular complexity index is 624. The molecule has 0 saturated heterocycles. The second-order valence-corrected chi connectivity index (χ2v) is 9.28. The molecule has 0 aromatic heterocycles. The quantitative estimate of drug-likeness (QED) is 0.159. The second-order valence-electron chi connectivity index (χ2n) is 9.28. The Morgan fingerprint density at radius 3 is 1.59 bits per heavy atom. The molecule has 1 aromatic rings. The first kappa shape index (κ1) is 28.2. The van der Waals surface area contributed by atoms with Crippen LogP contribution in [0.1, 0.15) is 131 Å². The van der Waals surface area contributed by atoms with Crippen LogP contribution in [0.15, 0.2) is 24.3 Å². The molecule has 0 spiro atoms. The maximum absolute atomic E-state index is 12.3. The van der Waals surface area contributed by atoms with E-state index in [1.165, 1.54) is 70.6 Å². The Balaban J connectivity index is 2.08. The first-order valence-electron chi connectivity index (χ1n) is 13.0. The molecule has 0 fully saturated rings. The third-order valence-corrected chi connectivity index (χ3v) is 5.74. The lowest BCUT2D eigenvalue weighted by molar-refractivity contribution is 0.0488. The zero-order valence-corrected chi connectivity index (χ0v) is 20.8. The normalized spacial score (nSPS) is 11.0. The topological polar surface area (TPSA) is 52.6 Å². The standard InChI is InChI=1S/C28H46O4/c1-4-5-6-7-8-9-10-11-12-13-14-15-16-21-31-27(29)25-18-17-19-26(23-25)28(30)32-22-20-24(2)3/h17-19,23-24H,4-16,20-22H2,1-3H3. The van der Waals surface area contributed by atoms with E-state index in [-0.39, 0.29) is 5.97 Å². The van der Waals surface area contributed by atoms with Crippen molar-refractivity contribution in [2.24, 2.45) is 5.92 Å². The van der Waals surface area contributed by atoms with Gasteiger partial charge in [-0.05, 0) is 37.0 Å². The van der Waals surface area contributed by atoms with Crippen molar-refractivity contribution in [3.05, 3.63) is 35.4 Å². The number of carbonyl (C=O) groups excluding carboxylic acids is 2. The molecule has 0 radical (unpaired) electrons. The van der Waals surface area contributed by atoms with Crippen LogP contribution in [0.5, 0.6) is 0 Å². The van der Waals surface area contributed by atoms with Gasteiger partial charge in [-0.2, -0.15) is 0 Å². The van der Waals surface area contributed by atoms with Crippen LogP contribution in [-0.4, -0.2) is 25.2 Å². The minimum atomic E-state index is -0.392. The van der Waals surface area contributed by atoms with Crippen LogP contribution < -0.4 is 0 Å². The van der Waals surface area contributed by atoms with Crippen LogP contribution in [0, 0.1) is 5.92 Å². The molecule has 1 aromatic carbocycles. The number of ether oxygens (including phenoxy) is 2. The largest absolute Gasteiger partial charge is 0.462 e. The van der Waals surface area contributed by atoms with E-state index in [1.54, 1.807) is 24.3 Å². The fraction of sp³-hybridized carbons (Fsp3) is 0.714. The highest BCUT2D eigenvalue weighted by Gasteiger charge is 2.12. The maximum atomic E-state index is 12.3. The Morgan fingerprint density at radius 1 is 0.688 bits per heavy atom. The van der Waals surface area contributed by atoms with Crippen LogP contribution in [0.4, 0.5) is 0 Å². The van der Waals surface area contributed by atoms with Crippen molar-refractivity contribution in [2.75, 3.05) is 13.2 Å². The van der Waals surface area contributed by atoms with Gasteiger partial charge in [0.1, 0.15) is 0 Å². The van der Waals surface area contributed by atoms with Gasteiger partial charge in [0.2, 0.25) is 0 Å². The molecule has 4 nitrogen and oxygen atoms in total. The first-order chi connectivity index (χ1) is 15.5. The van der Waals surface area contributed by atoms with E-state index in [1.807, 2.05) is 0 Å². The zero-order chi connectivity index (χ0) is 23.4. The molecule has 0 bridgehead atoms. The van der Waals surface area contributed by atoms with Gasteiger partial charge in [-0.25, -0.2) is 9.59 Å². The zero-order valence-electron chi connectivity index (χ0n) is 20.8. The number of benzene rings is 1. The molecule has 0 heterocycles. The van der Waals surface area contributed by atoms with Crippen molar-refractivity contribution in [1.29, 1.82) is 0 Å². The van der Waals surface area contributed by atoms with Gasteiger partial charge in [0.25, 0.3) is 0 Å². The summed E-state index contributed by atoms with van der Waals surface area (Å²) in [6.45, 7) is 7.26. The van der Waals surface area contributed by atoms with Crippen molar-refractivity contribution in [3.8, 4) is 0 Å². The smallest absolute Gasteiger partial charge is 0.338 e.